The van der Waals surface area contributed by atoms with Crippen LogP contribution in [0.3, 0.4) is 0 Å². The second-order valence-electron chi connectivity index (χ2n) is 4.93. The molecule has 2 rings (SSSR count). The van der Waals surface area contributed by atoms with E-state index in [2.05, 4.69) is 5.32 Å². The smallest absolute Gasteiger partial charge is 0.326 e. The zero-order valence-corrected chi connectivity index (χ0v) is 12.0. The Kier molecular flexibility index (Phi) is 4.57. The predicted octanol–water partition coefficient (Wildman–Crippen LogP) is 1.62. The lowest BCUT2D eigenvalue weighted by molar-refractivity contribution is -0.151. The van der Waals surface area contributed by atoms with E-state index >= 15 is 0 Å². The largest absolute Gasteiger partial charge is 0.461 e. The Hall–Kier alpha value is -2.37. The van der Waals surface area contributed by atoms with E-state index in [1.165, 1.54) is 0 Å². The number of amides is 3. The maximum Gasteiger partial charge on any atom is 0.326 e. The van der Waals surface area contributed by atoms with Crippen molar-refractivity contribution in [3.63, 3.8) is 0 Å². The van der Waals surface area contributed by atoms with Crippen LogP contribution in [0.2, 0.25) is 0 Å². The lowest BCUT2D eigenvalue weighted by Gasteiger charge is -2.15. The normalized spacial score (nSPS) is 19.3. The Balaban J connectivity index is 2.04. The number of hydrogen-bond donors (Lipinski definition) is 1. The number of nitrogens with zero attached hydrogens (tertiary/aromatic N) is 1. The van der Waals surface area contributed by atoms with E-state index in [0.717, 1.165) is 4.90 Å². The van der Waals surface area contributed by atoms with Gasteiger partial charge in [0, 0.05) is 0 Å². The van der Waals surface area contributed by atoms with Gasteiger partial charge in [0.25, 0.3) is 5.91 Å². The molecule has 112 valence electrons. The number of esters is 1. The van der Waals surface area contributed by atoms with Crippen molar-refractivity contribution in [2.24, 2.45) is 0 Å². The molecule has 0 spiro atoms. The highest BCUT2D eigenvalue weighted by Crippen LogP contribution is 2.21. The van der Waals surface area contributed by atoms with Crippen LogP contribution in [0.25, 0.3) is 0 Å². The van der Waals surface area contributed by atoms with Crippen LogP contribution >= 0.6 is 0 Å². The Morgan fingerprint density at radius 3 is 2.62 bits per heavy atom. The molecular weight excluding hydrogens is 272 g/mol. The fraction of sp³-hybridized carbons (Fsp3) is 0.400. The van der Waals surface area contributed by atoms with E-state index < -0.39 is 23.9 Å². The van der Waals surface area contributed by atoms with Gasteiger partial charge >= 0.3 is 12.0 Å². The van der Waals surface area contributed by atoms with Crippen LogP contribution in [-0.4, -0.2) is 35.5 Å². The lowest BCUT2D eigenvalue weighted by atomic mass is 10.1. The highest BCUT2D eigenvalue weighted by Gasteiger charge is 2.40. The molecule has 0 bridgehead atoms. The van der Waals surface area contributed by atoms with Crippen LogP contribution in [-0.2, 0) is 14.3 Å². The van der Waals surface area contributed by atoms with Gasteiger partial charge in [0.05, 0.1) is 6.10 Å². The van der Waals surface area contributed by atoms with Gasteiger partial charge in [-0.1, -0.05) is 37.3 Å². The van der Waals surface area contributed by atoms with Gasteiger partial charge in [0.15, 0.2) is 0 Å². The van der Waals surface area contributed by atoms with E-state index in [4.69, 9.17) is 4.74 Å². The molecule has 1 aliphatic rings. The van der Waals surface area contributed by atoms with Crippen molar-refractivity contribution in [2.75, 3.05) is 6.54 Å². The van der Waals surface area contributed by atoms with Crippen molar-refractivity contribution in [3.8, 4) is 0 Å². The molecule has 0 aliphatic carbocycles. The summed E-state index contributed by atoms with van der Waals surface area (Å²) in [5.41, 5.74) is 0.689. The maximum atomic E-state index is 12.2. The molecule has 1 aliphatic heterocycles. The number of carbonyl (C=O) groups is 3. The summed E-state index contributed by atoms with van der Waals surface area (Å²) in [5, 5.41) is 2.57. The monoisotopic (exact) mass is 290 g/mol. The van der Waals surface area contributed by atoms with Gasteiger partial charge < -0.3 is 10.1 Å². The average molecular weight is 290 g/mol. The standard InChI is InChI=1S/C15H18N2O4/c1-3-10(2)21-12(18)9-17-14(19)13(16-15(17)20)11-7-5-4-6-8-11/h4-8,10,13H,3,9H2,1-2H3,(H,16,20). The summed E-state index contributed by atoms with van der Waals surface area (Å²) in [5.74, 6) is -1.02. The molecule has 0 saturated carbocycles. The zero-order chi connectivity index (χ0) is 15.4. The molecule has 6 heteroatoms. The van der Waals surface area contributed by atoms with Crippen LogP contribution in [0.4, 0.5) is 4.79 Å². The molecule has 1 heterocycles. The Morgan fingerprint density at radius 2 is 2.00 bits per heavy atom. The molecule has 1 aromatic rings. The van der Waals surface area contributed by atoms with Crippen LogP contribution in [0.5, 0.6) is 0 Å². The number of imide groups is 1. The molecule has 0 radical (unpaired) electrons. The molecule has 6 nitrogen and oxygen atoms in total. The van der Waals surface area contributed by atoms with Gasteiger partial charge in [-0.3, -0.25) is 14.5 Å². The summed E-state index contributed by atoms with van der Waals surface area (Å²) in [6.45, 7) is 3.28. The van der Waals surface area contributed by atoms with Crippen molar-refractivity contribution >= 4 is 17.9 Å². The number of hydrogen-bond acceptors (Lipinski definition) is 4. The number of nitrogens with one attached hydrogen (secondary N) is 1. The van der Waals surface area contributed by atoms with Crippen molar-refractivity contribution in [1.82, 2.24) is 10.2 Å². The van der Waals surface area contributed by atoms with E-state index in [1.807, 2.05) is 13.0 Å². The van der Waals surface area contributed by atoms with Gasteiger partial charge in [0.1, 0.15) is 12.6 Å². The first-order valence-electron chi connectivity index (χ1n) is 6.89. The predicted molar refractivity (Wildman–Crippen MR) is 75.3 cm³/mol. The first-order chi connectivity index (χ1) is 10.0. The fourth-order valence-electron chi connectivity index (χ4n) is 2.01. The highest BCUT2D eigenvalue weighted by atomic mass is 16.5. The number of rotatable bonds is 5. The van der Waals surface area contributed by atoms with E-state index in [0.29, 0.717) is 12.0 Å². The van der Waals surface area contributed by atoms with Gasteiger partial charge in [-0.05, 0) is 18.9 Å². The molecule has 3 amide bonds. The summed E-state index contributed by atoms with van der Waals surface area (Å²) >= 11 is 0. The number of carbonyl (C=O) groups excluding carboxylic acids is 3. The molecule has 21 heavy (non-hydrogen) atoms. The quantitative estimate of drug-likeness (QED) is 0.660. The molecule has 1 aromatic carbocycles. The van der Waals surface area contributed by atoms with Crippen molar-refractivity contribution < 1.29 is 19.1 Å². The van der Waals surface area contributed by atoms with Gasteiger partial charge in [-0.25, -0.2) is 4.79 Å². The first-order valence-corrected chi connectivity index (χ1v) is 6.89. The third-order valence-corrected chi connectivity index (χ3v) is 3.35. The van der Waals surface area contributed by atoms with Gasteiger partial charge in [-0.2, -0.15) is 0 Å². The maximum absolute atomic E-state index is 12.2. The summed E-state index contributed by atoms with van der Waals surface area (Å²) in [4.78, 5) is 36.7. The summed E-state index contributed by atoms with van der Waals surface area (Å²) < 4.78 is 5.09. The second kappa shape index (κ2) is 6.39. The van der Waals surface area contributed by atoms with Crippen LogP contribution in [0.15, 0.2) is 30.3 Å². The molecular formula is C15H18N2O4. The third kappa shape index (κ3) is 3.39. The van der Waals surface area contributed by atoms with E-state index in [9.17, 15) is 14.4 Å². The highest BCUT2D eigenvalue weighted by molar-refractivity contribution is 6.06. The zero-order valence-electron chi connectivity index (χ0n) is 12.0. The Labute approximate surface area is 123 Å². The molecule has 1 fully saturated rings. The minimum absolute atomic E-state index is 0.233. The molecule has 2 unspecified atom stereocenters. The SMILES string of the molecule is CCC(C)OC(=O)CN1C(=O)NC(c2ccccc2)C1=O. The van der Waals surface area contributed by atoms with Crippen molar-refractivity contribution in [2.45, 2.75) is 32.4 Å². The van der Waals surface area contributed by atoms with Crippen molar-refractivity contribution in [1.29, 1.82) is 0 Å². The molecule has 1 N–H and O–H groups in total. The Morgan fingerprint density at radius 1 is 1.33 bits per heavy atom. The van der Waals surface area contributed by atoms with Gasteiger partial charge in [-0.15, -0.1) is 0 Å². The molecule has 0 aromatic heterocycles. The van der Waals surface area contributed by atoms with Crippen molar-refractivity contribution in [3.05, 3.63) is 35.9 Å². The van der Waals surface area contributed by atoms with E-state index in [-0.39, 0.29) is 12.6 Å². The second-order valence-corrected chi connectivity index (χ2v) is 4.93. The summed E-state index contributed by atoms with van der Waals surface area (Å²) in [6, 6.07) is 7.59. The minimum atomic E-state index is -0.741. The fourth-order valence-corrected chi connectivity index (χ4v) is 2.01. The summed E-state index contributed by atoms with van der Waals surface area (Å²) in [6.07, 6.45) is 0.446. The lowest BCUT2D eigenvalue weighted by Crippen LogP contribution is -2.37. The Bertz CT molecular complexity index is 544. The number of benzene rings is 1. The first kappa shape index (κ1) is 15.0. The van der Waals surface area contributed by atoms with Gasteiger partial charge in [0.2, 0.25) is 0 Å². The number of ether oxygens (including phenoxy) is 1. The van der Waals surface area contributed by atoms with Crippen LogP contribution in [0, 0.1) is 0 Å². The third-order valence-electron chi connectivity index (χ3n) is 3.35. The molecule has 2 atom stereocenters. The topological polar surface area (TPSA) is 75.7 Å². The van der Waals surface area contributed by atoms with Crippen LogP contribution in [0.1, 0.15) is 31.9 Å². The van der Waals surface area contributed by atoms with E-state index in [1.54, 1.807) is 31.2 Å². The molecule has 1 saturated heterocycles. The minimum Gasteiger partial charge on any atom is -0.461 e. The van der Waals surface area contributed by atoms with Crippen LogP contribution < -0.4 is 5.32 Å². The summed E-state index contributed by atoms with van der Waals surface area (Å²) in [7, 11) is 0. The average Bonchev–Trinajstić information content (AvgIpc) is 2.76. The number of urea groups is 1.